The third kappa shape index (κ3) is 3.88. The van der Waals surface area contributed by atoms with Crippen LogP contribution in [0.4, 0.5) is 0 Å². The van der Waals surface area contributed by atoms with Gasteiger partial charge in [-0.25, -0.2) is 0 Å². The van der Waals surface area contributed by atoms with Crippen LogP contribution in [0.2, 0.25) is 0 Å². The van der Waals surface area contributed by atoms with Gasteiger partial charge in [-0.3, -0.25) is 0 Å². The largest absolute Gasteiger partial charge is 0.135 e. The summed E-state index contributed by atoms with van der Waals surface area (Å²) in [6.07, 6.45) is 0. The SMILES string of the molecule is c1ccc(-c2ccc3sc4ccc(-c5sc(-c6ccccc6-c6ccccc6)c6ccccc56)cc4c3c2)cc1. The van der Waals surface area contributed by atoms with Gasteiger partial charge in [0, 0.05) is 46.3 Å². The minimum Gasteiger partial charge on any atom is -0.135 e. The molecule has 0 aliphatic rings. The van der Waals surface area contributed by atoms with Gasteiger partial charge in [-0.15, -0.1) is 22.7 Å². The van der Waals surface area contributed by atoms with Crippen molar-refractivity contribution in [1.82, 2.24) is 0 Å². The molecular formula is C38H24S2. The van der Waals surface area contributed by atoms with E-state index in [-0.39, 0.29) is 0 Å². The van der Waals surface area contributed by atoms with Crippen molar-refractivity contribution in [3.05, 3.63) is 146 Å². The average Bonchev–Trinajstić information content (AvgIpc) is 3.60. The first kappa shape index (κ1) is 23.4. The Morgan fingerprint density at radius 3 is 1.52 bits per heavy atom. The molecule has 0 bridgehead atoms. The Kier molecular flexibility index (Phi) is 5.62. The van der Waals surface area contributed by atoms with E-state index in [0.717, 1.165) is 0 Å². The van der Waals surface area contributed by atoms with E-state index >= 15 is 0 Å². The highest BCUT2D eigenvalue weighted by molar-refractivity contribution is 7.26. The Morgan fingerprint density at radius 2 is 0.825 bits per heavy atom. The Bertz CT molecular complexity index is 2150. The zero-order valence-corrected chi connectivity index (χ0v) is 23.3. The van der Waals surface area contributed by atoms with Gasteiger partial charge in [-0.05, 0) is 52.1 Å². The molecule has 0 aliphatic carbocycles. The Balaban J connectivity index is 1.32. The minimum absolute atomic E-state index is 1.25. The third-order valence-corrected chi connectivity index (χ3v) is 10.2. The van der Waals surface area contributed by atoms with Crippen LogP contribution in [0.5, 0.6) is 0 Å². The molecule has 0 saturated heterocycles. The van der Waals surface area contributed by atoms with Gasteiger partial charge in [0.1, 0.15) is 0 Å². The first-order chi connectivity index (χ1) is 19.8. The molecule has 0 fully saturated rings. The first-order valence-corrected chi connectivity index (χ1v) is 15.2. The van der Waals surface area contributed by atoms with Gasteiger partial charge in [-0.1, -0.05) is 121 Å². The molecule has 6 aromatic carbocycles. The summed E-state index contributed by atoms with van der Waals surface area (Å²) in [6, 6.07) is 53.0. The Labute approximate surface area is 241 Å². The summed E-state index contributed by atoms with van der Waals surface area (Å²) in [4.78, 5) is 2.65. The molecule has 2 aromatic heterocycles. The molecule has 188 valence electrons. The van der Waals surface area contributed by atoms with E-state index < -0.39 is 0 Å². The van der Waals surface area contributed by atoms with E-state index in [4.69, 9.17) is 0 Å². The molecule has 0 amide bonds. The number of hydrogen-bond donors (Lipinski definition) is 0. The number of fused-ring (bicyclic) bond motifs is 4. The van der Waals surface area contributed by atoms with E-state index in [2.05, 4.69) is 146 Å². The van der Waals surface area contributed by atoms with Gasteiger partial charge in [0.2, 0.25) is 0 Å². The lowest BCUT2D eigenvalue weighted by Gasteiger charge is -2.09. The van der Waals surface area contributed by atoms with E-state index in [9.17, 15) is 0 Å². The van der Waals surface area contributed by atoms with Crippen LogP contribution in [-0.2, 0) is 0 Å². The van der Waals surface area contributed by atoms with Gasteiger partial charge in [-0.2, -0.15) is 0 Å². The van der Waals surface area contributed by atoms with E-state index in [1.165, 1.54) is 74.1 Å². The van der Waals surface area contributed by atoms with Gasteiger partial charge >= 0.3 is 0 Å². The van der Waals surface area contributed by atoms with Gasteiger partial charge in [0.15, 0.2) is 0 Å². The molecule has 0 nitrogen and oxygen atoms in total. The fourth-order valence-electron chi connectivity index (χ4n) is 5.78. The molecule has 8 aromatic rings. The summed E-state index contributed by atoms with van der Waals surface area (Å²) in [5, 5.41) is 5.29. The van der Waals surface area contributed by atoms with Crippen molar-refractivity contribution in [2.24, 2.45) is 0 Å². The number of benzene rings is 6. The van der Waals surface area contributed by atoms with Crippen LogP contribution in [-0.4, -0.2) is 0 Å². The van der Waals surface area contributed by atoms with Crippen LogP contribution in [0.1, 0.15) is 0 Å². The third-order valence-electron chi connectivity index (χ3n) is 7.72. The van der Waals surface area contributed by atoms with Crippen molar-refractivity contribution in [2.75, 3.05) is 0 Å². The molecule has 2 heterocycles. The van der Waals surface area contributed by atoms with Crippen molar-refractivity contribution >= 4 is 53.6 Å². The zero-order valence-electron chi connectivity index (χ0n) is 21.7. The summed E-state index contributed by atoms with van der Waals surface area (Å²) < 4.78 is 2.67. The number of hydrogen-bond acceptors (Lipinski definition) is 2. The lowest BCUT2D eigenvalue weighted by molar-refractivity contribution is 1.62. The van der Waals surface area contributed by atoms with Crippen molar-refractivity contribution in [2.45, 2.75) is 0 Å². The molecule has 8 rings (SSSR count). The fourth-order valence-corrected chi connectivity index (χ4v) is 8.16. The van der Waals surface area contributed by atoms with Gasteiger partial charge < -0.3 is 0 Å². The summed E-state index contributed by atoms with van der Waals surface area (Å²) in [5.74, 6) is 0. The molecule has 0 saturated carbocycles. The molecular weight excluding hydrogens is 521 g/mol. The predicted molar refractivity (Wildman–Crippen MR) is 176 cm³/mol. The number of thiophene rings is 2. The van der Waals surface area contributed by atoms with Crippen LogP contribution in [0, 0.1) is 0 Å². The van der Waals surface area contributed by atoms with E-state index in [1.54, 1.807) is 0 Å². The highest BCUT2D eigenvalue weighted by atomic mass is 32.1. The summed E-state index contributed by atoms with van der Waals surface area (Å²) in [6.45, 7) is 0. The van der Waals surface area contributed by atoms with Crippen LogP contribution in [0.15, 0.2) is 146 Å². The zero-order chi connectivity index (χ0) is 26.5. The molecule has 0 aliphatic heterocycles. The summed E-state index contributed by atoms with van der Waals surface area (Å²) in [5.41, 5.74) is 7.61. The summed E-state index contributed by atoms with van der Waals surface area (Å²) >= 11 is 3.79. The highest BCUT2D eigenvalue weighted by Gasteiger charge is 2.18. The van der Waals surface area contributed by atoms with Crippen LogP contribution < -0.4 is 0 Å². The minimum atomic E-state index is 1.25. The molecule has 0 N–H and O–H groups in total. The average molecular weight is 545 g/mol. The molecule has 40 heavy (non-hydrogen) atoms. The van der Waals surface area contributed by atoms with Crippen molar-refractivity contribution in [3.8, 4) is 43.1 Å². The normalized spacial score (nSPS) is 11.5. The standard InChI is InChI=1S/C38H24S2/c1-3-11-25(12-4-1)27-19-21-35-33(23-27)34-24-28(20-22-36(34)39-35)37-31-17-9-10-18-32(31)38(40-37)30-16-8-7-15-29(30)26-13-5-2-6-14-26/h1-24H. The van der Waals surface area contributed by atoms with Crippen LogP contribution >= 0.6 is 22.7 Å². The monoisotopic (exact) mass is 544 g/mol. The number of rotatable bonds is 4. The fraction of sp³-hybridized carbons (Fsp3) is 0. The van der Waals surface area contributed by atoms with Crippen molar-refractivity contribution in [1.29, 1.82) is 0 Å². The second-order valence-electron chi connectivity index (χ2n) is 10.1. The topological polar surface area (TPSA) is 0 Å². The van der Waals surface area contributed by atoms with E-state index in [0.29, 0.717) is 0 Å². The van der Waals surface area contributed by atoms with Crippen LogP contribution in [0.25, 0.3) is 74.1 Å². The van der Waals surface area contributed by atoms with Crippen molar-refractivity contribution < 1.29 is 0 Å². The summed E-state index contributed by atoms with van der Waals surface area (Å²) in [7, 11) is 0. The smallest absolute Gasteiger partial charge is 0.0434 e. The molecule has 0 spiro atoms. The maximum absolute atomic E-state index is 2.41. The predicted octanol–water partition coefficient (Wildman–Crippen LogP) is 11.9. The maximum Gasteiger partial charge on any atom is 0.0434 e. The van der Waals surface area contributed by atoms with E-state index in [1.807, 2.05) is 22.7 Å². The molecule has 0 unspecified atom stereocenters. The Morgan fingerprint density at radius 1 is 0.300 bits per heavy atom. The maximum atomic E-state index is 2.41. The lowest BCUT2D eigenvalue weighted by Crippen LogP contribution is -1.82. The second-order valence-corrected chi connectivity index (χ2v) is 12.2. The highest BCUT2D eigenvalue weighted by Crippen LogP contribution is 2.48. The van der Waals surface area contributed by atoms with Crippen LogP contribution in [0.3, 0.4) is 0 Å². The quantitative estimate of drug-likeness (QED) is 0.207. The molecule has 0 radical (unpaired) electrons. The second kappa shape index (κ2) is 9.60. The lowest BCUT2D eigenvalue weighted by atomic mass is 9.96. The molecule has 0 atom stereocenters. The van der Waals surface area contributed by atoms with Gasteiger partial charge in [0.25, 0.3) is 0 Å². The molecule has 2 heteroatoms. The Hall–Kier alpha value is -4.50. The van der Waals surface area contributed by atoms with Crippen molar-refractivity contribution in [3.63, 3.8) is 0 Å². The van der Waals surface area contributed by atoms with Gasteiger partial charge in [0.05, 0.1) is 0 Å². The first-order valence-electron chi connectivity index (χ1n) is 13.5.